The highest BCUT2D eigenvalue weighted by Crippen LogP contribution is 1.99. The maximum atomic E-state index is 8.47. The van der Waals surface area contributed by atoms with Crippen LogP contribution in [0.1, 0.15) is 27.2 Å². The topological polar surface area (TPSA) is 29.5 Å². The molecule has 0 aliphatic rings. The molecule has 0 saturated carbocycles. The Morgan fingerprint density at radius 3 is 2.22 bits per heavy atom. The summed E-state index contributed by atoms with van der Waals surface area (Å²) in [5.41, 5.74) is 0. The number of hydrogen-bond acceptors (Lipinski definition) is 2. The molecular formula is C7H16O2. The van der Waals surface area contributed by atoms with Crippen molar-refractivity contribution in [1.29, 1.82) is 0 Å². The van der Waals surface area contributed by atoms with Gasteiger partial charge in [-0.15, -0.1) is 0 Å². The van der Waals surface area contributed by atoms with Gasteiger partial charge in [-0.2, -0.15) is 0 Å². The summed E-state index contributed by atoms with van der Waals surface area (Å²) in [7, 11) is 0. The van der Waals surface area contributed by atoms with Crippen molar-refractivity contribution < 1.29 is 9.84 Å². The van der Waals surface area contributed by atoms with Gasteiger partial charge in [0.05, 0.1) is 12.2 Å². The molecular weight excluding hydrogens is 116 g/mol. The predicted molar refractivity (Wildman–Crippen MR) is 37.4 cm³/mol. The zero-order valence-electron chi connectivity index (χ0n) is 6.42. The first kappa shape index (κ1) is 8.92. The first-order chi connectivity index (χ1) is 4.16. The van der Waals surface area contributed by atoms with E-state index in [1.165, 1.54) is 0 Å². The summed E-state index contributed by atoms with van der Waals surface area (Å²) >= 11 is 0. The van der Waals surface area contributed by atoms with Gasteiger partial charge in [0.2, 0.25) is 0 Å². The molecule has 0 spiro atoms. The second-order valence-corrected chi connectivity index (χ2v) is 2.51. The van der Waals surface area contributed by atoms with E-state index < -0.39 is 0 Å². The van der Waals surface area contributed by atoms with E-state index in [0.29, 0.717) is 0 Å². The van der Waals surface area contributed by atoms with Gasteiger partial charge < -0.3 is 9.84 Å². The molecule has 56 valence electrons. The lowest BCUT2D eigenvalue weighted by atomic mass is 10.3. The smallest absolute Gasteiger partial charge is 0.0572 e. The van der Waals surface area contributed by atoms with Crippen LogP contribution in [0.25, 0.3) is 0 Å². The Morgan fingerprint density at radius 1 is 1.33 bits per heavy atom. The van der Waals surface area contributed by atoms with Crippen molar-refractivity contribution in [2.45, 2.75) is 39.4 Å². The van der Waals surface area contributed by atoms with Crippen LogP contribution >= 0.6 is 0 Å². The van der Waals surface area contributed by atoms with Crippen LogP contribution in [-0.2, 0) is 4.74 Å². The monoisotopic (exact) mass is 132 g/mol. The first-order valence-corrected chi connectivity index (χ1v) is 3.43. The minimum absolute atomic E-state index is 0.190. The van der Waals surface area contributed by atoms with Crippen molar-refractivity contribution in [2.75, 3.05) is 6.61 Å². The van der Waals surface area contributed by atoms with E-state index in [4.69, 9.17) is 9.84 Å². The van der Waals surface area contributed by atoms with E-state index in [1.807, 2.05) is 20.8 Å². The van der Waals surface area contributed by atoms with Crippen molar-refractivity contribution in [1.82, 2.24) is 0 Å². The van der Waals surface area contributed by atoms with E-state index in [2.05, 4.69) is 0 Å². The van der Waals surface area contributed by atoms with Crippen LogP contribution in [0.3, 0.4) is 0 Å². The van der Waals surface area contributed by atoms with Gasteiger partial charge in [-0.25, -0.2) is 0 Å². The average Bonchev–Trinajstić information content (AvgIpc) is 1.63. The van der Waals surface area contributed by atoms with Crippen LogP contribution in [0.4, 0.5) is 0 Å². The fraction of sp³-hybridized carbons (Fsp3) is 1.00. The molecule has 2 nitrogen and oxygen atoms in total. The second-order valence-electron chi connectivity index (χ2n) is 2.51. The summed E-state index contributed by atoms with van der Waals surface area (Å²) in [4.78, 5) is 0. The molecule has 0 unspecified atom stereocenters. The van der Waals surface area contributed by atoms with Crippen LogP contribution in [0, 0.1) is 0 Å². The fourth-order valence-electron chi connectivity index (χ4n) is 0.714. The molecule has 0 fully saturated rings. The highest BCUT2D eigenvalue weighted by atomic mass is 16.5. The Kier molecular flexibility index (Phi) is 4.72. The maximum Gasteiger partial charge on any atom is 0.0572 e. The number of aliphatic hydroxyl groups is 1. The third kappa shape index (κ3) is 5.80. The Balaban J connectivity index is 3.15. The first-order valence-electron chi connectivity index (χ1n) is 3.43. The van der Waals surface area contributed by atoms with Gasteiger partial charge in [0, 0.05) is 6.61 Å². The van der Waals surface area contributed by atoms with Crippen LogP contribution in [-0.4, -0.2) is 23.9 Å². The van der Waals surface area contributed by atoms with Crippen LogP contribution in [0.15, 0.2) is 0 Å². The SMILES string of the molecule is CC(C)O[C@H](C)CCO. The van der Waals surface area contributed by atoms with Crippen molar-refractivity contribution in [3.05, 3.63) is 0 Å². The molecule has 1 N–H and O–H groups in total. The average molecular weight is 132 g/mol. The van der Waals surface area contributed by atoms with E-state index in [0.717, 1.165) is 6.42 Å². The molecule has 0 aliphatic heterocycles. The molecule has 0 aromatic rings. The number of aliphatic hydroxyl groups excluding tert-OH is 1. The van der Waals surface area contributed by atoms with Gasteiger partial charge in [0.1, 0.15) is 0 Å². The lowest BCUT2D eigenvalue weighted by Gasteiger charge is -2.13. The van der Waals surface area contributed by atoms with Gasteiger partial charge >= 0.3 is 0 Å². The molecule has 0 amide bonds. The normalized spacial score (nSPS) is 14.3. The van der Waals surface area contributed by atoms with Crippen molar-refractivity contribution in [2.24, 2.45) is 0 Å². The van der Waals surface area contributed by atoms with Gasteiger partial charge in [-0.05, 0) is 27.2 Å². The zero-order valence-corrected chi connectivity index (χ0v) is 6.42. The lowest BCUT2D eigenvalue weighted by Crippen LogP contribution is -2.15. The van der Waals surface area contributed by atoms with Crippen molar-refractivity contribution >= 4 is 0 Å². The van der Waals surface area contributed by atoms with E-state index in [1.54, 1.807) is 0 Å². The highest BCUT2D eigenvalue weighted by molar-refractivity contribution is 4.49. The molecule has 9 heavy (non-hydrogen) atoms. The summed E-state index contributed by atoms with van der Waals surface area (Å²) in [5, 5.41) is 8.47. The third-order valence-corrected chi connectivity index (χ3v) is 1.04. The summed E-state index contributed by atoms with van der Waals surface area (Å²) in [6.07, 6.45) is 1.19. The molecule has 2 heteroatoms. The molecule has 0 rings (SSSR count). The molecule has 0 saturated heterocycles. The maximum absolute atomic E-state index is 8.47. The van der Waals surface area contributed by atoms with Crippen LogP contribution in [0.2, 0.25) is 0 Å². The minimum atomic E-state index is 0.190. The van der Waals surface area contributed by atoms with Crippen molar-refractivity contribution in [3.8, 4) is 0 Å². The number of rotatable bonds is 4. The molecule has 0 aromatic heterocycles. The standard InChI is InChI=1S/C7H16O2/c1-6(2)9-7(3)4-5-8/h6-8H,4-5H2,1-3H3/t7-/m1/s1. The Bertz CT molecular complexity index is 61.9. The largest absolute Gasteiger partial charge is 0.396 e. The quantitative estimate of drug-likeness (QED) is 0.622. The number of hydrogen-bond donors (Lipinski definition) is 1. The summed E-state index contributed by atoms with van der Waals surface area (Å²) in [6.45, 7) is 6.17. The van der Waals surface area contributed by atoms with E-state index in [9.17, 15) is 0 Å². The van der Waals surface area contributed by atoms with Gasteiger partial charge in [-0.3, -0.25) is 0 Å². The van der Waals surface area contributed by atoms with Crippen molar-refractivity contribution in [3.63, 3.8) is 0 Å². The zero-order chi connectivity index (χ0) is 7.28. The molecule has 0 aromatic carbocycles. The van der Waals surface area contributed by atoms with E-state index in [-0.39, 0.29) is 18.8 Å². The minimum Gasteiger partial charge on any atom is -0.396 e. The Labute approximate surface area is 56.8 Å². The van der Waals surface area contributed by atoms with Crippen LogP contribution < -0.4 is 0 Å². The number of ether oxygens (including phenoxy) is 1. The molecule has 0 bridgehead atoms. The predicted octanol–water partition coefficient (Wildman–Crippen LogP) is 1.18. The molecule has 0 heterocycles. The summed E-state index contributed by atoms with van der Waals surface area (Å²) < 4.78 is 5.33. The van der Waals surface area contributed by atoms with Gasteiger partial charge in [0.25, 0.3) is 0 Å². The third-order valence-electron chi connectivity index (χ3n) is 1.04. The Morgan fingerprint density at radius 2 is 1.89 bits per heavy atom. The summed E-state index contributed by atoms with van der Waals surface area (Å²) in [5.74, 6) is 0. The molecule has 1 atom stereocenters. The summed E-state index contributed by atoms with van der Waals surface area (Å²) in [6, 6.07) is 0. The molecule has 0 radical (unpaired) electrons. The van der Waals surface area contributed by atoms with Crippen LogP contribution in [0.5, 0.6) is 0 Å². The second kappa shape index (κ2) is 4.77. The Hall–Kier alpha value is -0.0800. The van der Waals surface area contributed by atoms with Gasteiger partial charge in [0.15, 0.2) is 0 Å². The lowest BCUT2D eigenvalue weighted by molar-refractivity contribution is 0.00610. The molecule has 0 aliphatic carbocycles. The van der Waals surface area contributed by atoms with E-state index >= 15 is 0 Å². The van der Waals surface area contributed by atoms with Gasteiger partial charge in [-0.1, -0.05) is 0 Å². The highest BCUT2D eigenvalue weighted by Gasteiger charge is 2.01. The fourth-order valence-corrected chi connectivity index (χ4v) is 0.714.